The zero-order valence-corrected chi connectivity index (χ0v) is 11.5. The first-order valence-corrected chi connectivity index (χ1v) is 6.93. The van der Waals surface area contributed by atoms with E-state index in [4.69, 9.17) is 0 Å². The number of para-hydroxylation sites is 2. The van der Waals surface area contributed by atoms with Crippen LogP contribution in [0.2, 0.25) is 0 Å². The molecule has 1 aromatic heterocycles. The number of aryl methyl sites for hydroxylation is 2. The van der Waals surface area contributed by atoms with E-state index in [1.54, 1.807) is 6.92 Å². The first-order valence-electron chi connectivity index (χ1n) is 6.93. The third-order valence-electron chi connectivity index (χ3n) is 3.52. The molecule has 0 fully saturated rings. The van der Waals surface area contributed by atoms with Crippen LogP contribution in [0.15, 0.2) is 54.6 Å². The summed E-state index contributed by atoms with van der Waals surface area (Å²) in [5.74, 6) is 0.738. The van der Waals surface area contributed by atoms with Gasteiger partial charge in [-0.2, -0.15) is 0 Å². The molecule has 1 N–H and O–H groups in total. The highest BCUT2D eigenvalue weighted by molar-refractivity contribution is 5.76. The van der Waals surface area contributed by atoms with Crippen molar-refractivity contribution in [3.63, 3.8) is 0 Å². The molecule has 102 valence electrons. The Balaban J connectivity index is 1.95. The molecule has 0 aliphatic carbocycles. The van der Waals surface area contributed by atoms with E-state index in [0.717, 1.165) is 29.8 Å². The van der Waals surface area contributed by atoms with E-state index in [1.807, 2.05) is 24.3 Å². The number of aromatic nitrogens is 2. The molecule has 0 amide bonds. The second-order valence-corrected chi connectivity index (χ2v) is 5.02. The van der Waals surface area contributed by atoms with Gasteiger partial charge in [0, 0.05) is 6.54 Å². The Morgan fingerprint density at radius 3 is 2.50 bits per heavy atom. The number of hydrogen-bond acceptors (Lipinski definition) is 2. The number of fused-ring (bicyclic) bond motifs is 1. The van der Waals surface area contributed by atoms with Crippen LogP contribution < -0.4 is 0 Å². The van der Waals surface area contributed by atoms with Crippen molar-refractivity contribution in [1.82, 2.24) is 9.55 Å². The van der Waals surface area contributed by atoms with Gasteiger partial charge in [0.25, 0.3) is 0 Å². The van der Waals surface area contributed by atoms with Gasteiger partial charge in [0.15, 0.2) is 0 Å². The van der Waals surface area contributed by atoms with Gasteiger partial charge in [-0.25, -0.2) is 4.98 Å². The molecule has 0 radical (unpaired) electrons. The van der Waals surface area contributed by atoms with E-state index in [9.17, 15) is 5.11 Å². The van der Waals surface area contributed by atoms with Crippen LogP contribution in [0.25, 0.3) is 11.0 Å². The molecule has 0 spiro atoms. The number of aliphatic hydroxyl groups excluding tert-OH is 1. The molecule has 3 aromatic rings. The molecule has 20 heavy (non-hydrogen) atoms. The molecule has 0 aliphatic heterocycles. The molecule has 1 atom stereocenters. The Hall–Kier alpha value is -2.13. The van der Waals surface area contributed by atoms with Crippen molar-refractivity contribution in [3.8, 4) is 0 Å². The molecular weight excluding hydrogens is 248 g/mol. The van der Waals surface area contributed by atoms with Crippen LogP contribution in [-0.4, -0.2) is 14.7 Å². The summed E-state index contributed by atoms with van der Waals surface area (Å²) in [6, 6.07) is 18.4. The van der Waals surface area contributed by atoms with E-state index in [0.29, 0.717) is 0 Å². The van der Waals surface area contributed by atoms with Gasteiger partial charge in [-0.3, -0.25) is 0 Å². The maximum Gasteiger partial charge on any atom is 0.138 e. The molecule has 3 heteroatoms. The van der Waals surface area contributed by atoms with E-state index in [1.165, 1.54) is 5.56 Å². The summed E-state index contributed by atoms with van der Waals surface area (Å²) >= 11 is 0. The number of imidazole rings is 1. The zero-order chi connectivity index (χ0) is 13.9. The number of aliphatic hydroxyl groups is 1. The topological polar surface area (TPSA) is 38.1 Å². The molecule has 2 aromatic carbocycles. The second kappa shape index (κ2) is 5.47. The van der Waals surface area contributed by atoms with Crippen LogP contribution in [0.5, 0.6) is 0 Å². The quantitative estimate of drug-likeness (QED) is 0.786. The Bertz CT molecular complexity index is 701. The van der Waals surface area contributed by atoms with Crippen molar-refractivity contribution in [3.05, 3.63) is 66.0 Å². The van der Waals surface area contributed by atoms with Gasteiger partial charge in [0.1, 0.15) is 11.9 Å². The molecule has 1 heterocycles. The average molecular weight is 266 g/mol. The van der Waals surface area contributed by atoms with Gasteiger partial charge >= 0.3 is 0 Å². The summed E-state index contributed by atoms with van der Waals surface area (Å²) in [7, 11) is 0. The highest BCUT2D eigenvalue weighted by Gasteiger charge is 2.14. The lowest BCUT2D eigenvalue weighted by Gasteiger charge is -2.11. The highest BCUT2D eigenvalue weighted by Crippen LogP contribution is 2.21. The van der Waals surface area contributed by atoms with E-state index < -0.39 is 6.10 Å². The first-order chi connectivity index (χ1) is 9.75. The SMILES string of the molecule is C[C@H](O)c1nc2ccccc2n1CCc1ccccc1. The number of rotatable bonds is 4. The van der Waals surface area contributed by atoms with Crippen LogP contribution in [-0.2, 0) is 13.0 Å². The van der Waals surface area contributed by atoms with Crippen molar-refractivity contribution >= 4 is 11.0 Å². The lowest BCUT2D eigenvalue weighted by molar-refractivity contribution is 0.184. The monoisotopic (exact) mass is 266 g/mol. The predicted octanol–water partition coefficient (Wildman–Crippen LogP) is 3.33. The average Bonchev–Trinajstić information content (AvgIpc) is 2.85. The molecule has 0 unspecified atom stereocenters. The fraction of sp³-hybridized carbons (Fsp3) is 0.235. The zero-order valence-electron chi connectivity index (χ0n) is 11.5. The second-order valence-electron chi connectivity index (χ2n) is 5.02. The van der Waals surface area contributed by atoms with Crippen molar-refractivity contribution in [2.75, 3.05) is 0 Å². The van der Waals surface area contributed by atoms with Gasteiger partial charge in [-0.15, -0.1) is 0 Å². The Morgan fingerprint density at radius 2 is 1.75 bits per heavy atom. The summed E-state index contributed by atoms with van der Waals surface area (Å²) < 4.78 is 2.12. The molecule has 3 nitrogen and oxygen atoms in total. The maximum absolute atomic E-state index is 9.92. The molecule has 0 bridgehead atoms. The summed E-state index contributed by atoms with van der Waals surface area (Å²) in [6.07, 6.45) is 0.374. The van der Waals surface area contributed by atoms with Crippen molar-refractivity contribution in [1.29, 1.82) is 0 Å². The lowest BCUT2D eigenvalue weighted by Crippen LogP contribution is -2.08. The minimum absolute atomic E-state index is 0.557. The summed E-state index contributed by atoms with van der Waals surface area (Å²) in [4.78, 5) is 4.54. The number of nitrogens with zero attached hydrogens (tertiary/aromatic N) is 2. The minimum Gasteiger partial charge on any atom is -0.385 e. The molecule has 0 saturated carbocycles. The third kappa shape index (κ3) is 2.45. The number of benzene rings is 2. The molecule has 3 rings (SSSR count). The highest BCUT2D eigenvalue weighted by atomic mass is 16.3. The van der Waals surface area contributed by atoms with Gasteiger partial charge in [-0.1, -0.05) is 42.5 Å². The Morgan fingerprint density at radius 1 is 1.05 bits per heavy atom. The van der Waals surface area contributed by atoms with Crippen LogP contribution >= 0.6 is 0 Å². The van der Waals surface area contributed by atoms with Crippen LogP contribution in [0.1, 0.15) is 24.4 Å². The van der Waals surface area contributed by atoms with Gasteiger partial charge in [0.05, 0.1) is 11.0 Å². The summed E-state index contributed by atoms with van der Waals surface area (Å²) in [5.41, 5.74) is 3.32. The van der Waals surface area contributed by atoms with Crippen LogP contribution in [0, 0.1) is 0 Å². The fourth-order valence-electron chi connectivity index (χ4n) is 2.53. The summed E-state index contributed by atoms with van der Waals surface area (Å²) in [5, 5.41) is 9.92. The van der Waals surface area contributed by atoms with E-state index in [-0.39, 0.29) is 0 Å². The van der Waals surface area contributed by atoms with E-state index >= 15 is 0 Å². The van der Waals surface area contributed by atoms with Gasteiger partial charge < -0.3 is 9.67 Å². The predicted molar refractivity (Wildman–Crippen MR) is 80.5 cm³/mol. The van der Waals surface area contributed by atoms with Crippen molar-refractivity contribution < 1.29 is 5.11 Å². The largest absolute Gasteiger partial charge is 0.385 e. The van der Waals surface area contributed by atoms with E-state index in [2.05, 4.69) is 39.9 Å². The van der Waals surface area contributed by atoms with Gasteiger partial charge in [0.2, 0.25) is 0 Å². The molecular formula is C17H18N2O. The fourth-order valence-corrected chi connectivity index (χ4v) is 2.53. The Kier molecular flexibility index (Phi) is 3.52. The van der Waals surface area contributed by atoms with Crippen LogP contribution in [0.3, 0.4) is 0 Å². The smallest absolute Gasteiger partial charge is 0.138 e. The maximum atomic E-state index is 9.92. The van der Waals surface area contributed by atoms with Gasteiger partial charge in [-0.05, 0) is 31.0 Å². The van der Waals surface area contributed by atoms with Crippen molar-refractivity contribution in [2.24, 2.45) is 0 Å². The summed E-state index contributed by atoms with van der Waals surface area (Å²) in [6.45, 7) is 2.59. The lowest BCUT2D eigenvalue weighted by atomic mass is 10.1. The molecule has 0 saturated heterocycles. The third-order valence-corrected chi connectivity index (χ3v) is 3.52. The van der Waals surface area contributed by atoms with Crippen molar-refractivity contribution in [2.45, 2.75) is 26.0 Å². The normalized spacial score (nSPS) is 12.7. The van der Waals surface area contributed by atoms with Crippen LogP contribution in [0.4, 0.5) is 0 Å². The first kappa shape index (κ1) is 12.9. The minimum atomic E-state index is -0.557. The molecule has 0 aliphatic rings. The standard InChI is InChI=1S/C17H18N2O/c1-13(20)17-18-15-9-5-6-10-16(15)19(17)12-11-14-7-3-2-4-8-14/h2-10,13,20H,11-12H2,1H3/t13-/m0/s1. The number of hydrogen-bond donors (Lipinski definition) is 1. The Labute approximate surface area is 118 Å².